The number of rotatable bonds is 8. The van der Waals surface area contributed by atoms with Crippen molar-refractivity contribution in [2.24, 2.45) is 0 Å². The third kappa shape index (κ3) is 5.04. The minimum Gasteiger partial charge on any atom is -0.462 e. The molecule has 0 saturated heterocycles. The first-order chi connectivity index (χ1) is 14.5. The van der Waals surface area contributed by atoms with Gasteiger partial charge in [0.1, 0.15) is 5.82 Å². The van der Waals surface area contributed by atoms with Crippen LogP contribution in [0.1, 0.15) is 24.2 Å². The largest absolute Gasteiger partial charge is 0.462 e. The fourth-order valence-electron chi connectivity index (χ4n) is 2.75. The number of carbonyl (C=O) groups excluding carboxylic acids is 2. The average Bonchev–Trinajstić information content (AvgIpc) is 3.16. The molecule has 0 aliphatic rings. The van der Waals surface area contributed by atoms with Gasteiger partial charge in [0, 0.05) is 12.2 Å². The Kier molecular flexibility index (Phi) is 7.18. The minimum atomic E-state index is -0.407. The smallest absolute Gasteiger partial charge is 0.338 e. The summed E-state index contributed by atoms with van der Waals surface area (Å²) < 4.78 is 20.8. The van der Waals surface area contributed by atoms with Crippen molar-refractivity contribution in [1.29, 1.82) is 0 Å². The number of carbonyl (C=O) groups is 2. The van der Waals surface area contributed by atoms with Crippen LogP contribution in [0.25, 0.3) is 11.4 Å². The maximum Gasteiger partial charge on any atom is 0.338 e. The molecule has 0 spiro atoms. The molecule has 1 N–H and O–H groups in total. The molecule has 0 aliphatic heterocycles. The van der Waals surface area contributed by atoms with Crippen LogP contribution in [0.2, 0.25) is 0 Å². The number of anilines is 1. The fourth-order valence-corrected chi connectivity index (χ4v) is 3.56. The van der Waals surface area contributed by atoms with Gasteiger partial charge < -0.3 is 14.6 Å². The molecule has 1 heterocycles. The van der Waals surface area contributed by atoms with E-state index in [4.69, 9.17) is 4.74 Å². The number of hydrogen-bond donors (Lipinski definition) is 1. The van der Waals surface area contributed by atoms with E-state index >= 15 is 0 Å². The second kappa shape index (κ2) is 10.0. The quantitative estimate of drug-likeness (QED) is 0.431. The van der Waals surface area contributed by atoms with Crippen molar-refractivity contribution < 1.29 is 18.7 Å². The van der Waals surface area contributed by atoms with Crippen LogP contribution in [0.5, 0.6) is 0 Å². The maximum atomic E-state index is 14.1. The van der Waals surface area contributed by atoms with Crippen molar-refractivity contribution in [3.8, 4) is 11.4 Å². The first-order valence-corrected chi connectivity index (χ1v) is 10.4. The Morgan fingerprint density at radius 1 is 1.10 bits per heavy atom. The van der Waals surface area contributed by atoms with E-state index in [1.54, 1.807) is 54.0 Å². The van der Waals surface area contributed by atoms with E-state index in [1.165, 1.54) is 17.8 Å². The molecule has 3 rings (SSSR count). The van der Waals surface area contributed by atoms with Gasteiger partial charge in [-0.15, -0.1) is 10.2 Å². The molecule has 3 aromatic rings. The Morgan fingerprint density at radius 3 is 2.50 bits per heavy atom. The molecule has 0 saturated carbocycles. The van der Waals surface area contributed by atoms with E-state index in [-0.39, 0.29) is 17.5 Å². The highest BCUT2D eigenvalue weighted by atomic mass is 32.2. The predicted octanol–water partition coefficient (Wildman–Crippen LogP) is 4.01. The van der Waals surface area contributed by atoms with Crippen LogP contribution in [0, 0.1) is 5.82 Å². The summed E-state index contributed by atoms with van der Waals surface area (Å²) in [5.74, 6) is -0.486. The molecule has 0 fully saturated rings. The molecule has 0 radical (unpaired) electrons. The van der Waals surface area contributed by atoms with E-state index in [9.17, 15) is 14.0 Å². The van der Waals surface area contributed by atoms with Crippen LogP contribution in [0.3, 0.4) is 0 Å². The predicted molar refractivity (Wildman–Crippen MR) is 113 cm³/mol. The van der Waals surface area contributed by atoms with E-state index in [0.29, 0.717) is 40.9 Å². The summed E-state index contributed by atoms with van der Waals surface area (Å²) in [5.41, 5.74) is 1.35. The highest BCUT2D eigenvalue weighted by Crippen LogP contribution is 2.26. The summed E-state index contributed by atoms with van der Waals surface area (Å²) in [6.45, 7) is 4.48. The first-order valence-electron chi connectivity index (χ1n) is 9.41. The molecule has 0 bridgehead atoms. The average molecular weight is 428 g/mol. The number of hydrogen-bond acceptors (Lipinski definition) is 6. The van der Waals surface area contributed by atoms with E-state index in [1.807, 2.05) is 6.92 Å². The lowest BCUT2D eigenvalue weighted by atomic mass is 10.2. The Labute approximate surface area is 177 Å². The van der Waals surface area contributed by atoms with Crippen molar-refractivity contribution in [3.63, 3.8) is 0 Å². The zero-order valence-corrected chi connectivity index (χ0v) is 17.4. The Hall–Kier alpha value is -3.20. The van der Waals surface area contributed by atoms with Crippen LogP contribution in [-0.4, -0.2) is 39.0 Å². The molecule has 0 aliphatic carbocycles. The van der Waals surface area contributed by atoms with Gasteiger partial charge in [-0.1, -0.05) is 23.9 Å². The van der Waals surface area contributed by atoms with Gasteiger partial charge in [-0.05, 0) is 50.2 Å². The lowest BCUT2D eigenvalue weighted by Crippen LogP contribution is -2.15. The number of thioether (sulfide) groups is 1. The highest BCUT2D eigenvalue weighted by Gasteiger charge is 2.17. The molecule has 0 unspecified atom stereocenters. The molecular weight excluding hydrogens is 407 g/mol. The number of nitrogens with zero attached hydrogens (tertiary/aromatic N) is 3. The Morgan fingerprint density at radius 2 is 1.83 bits per heavy atom. The lowest BCUT2D eigenvalue weighted by molar-refractivity contribution is -0.113. The Bertz CT molecular complexity index is 1040. The summed E-state index contributed by atoms with van der Waals surface area (Å²) in [6.07, 6.45) is 0. The van der Waals surface area contributed by atoms with Gasteiger partial charge in [-0.25, -0.2) is 9.18 Å². The molecule has 0 atom stereocenters. The summed E-state index contributed by atoms with van der Waals surface area (Å²) in [5, 5.41) is 11.5. The first kappa shape index (κ1) is 21.5. The highest BCUT2D eigenvalue weighted by molar-refractivity contribution is 7.99. The van der Waals surface area contributed by atoms with Crippen molar-refractivity contribution >= 4 is 29.3 Å². The third-order valence-corrected chi connectivity index (χ3v) is 5.13. The van der Waals surface area contributed by atoms with Crippen LogP contribution in [0.4, 0.5) is 10.1 Å². The van der Waals surface area contributed by atoms with Gasteiger partial charge in [0.05, 0.1) is 23.5 Å². The second-order valence-electron chi connectivity index (χ2n) is 6.16. The van der Waals surface area contributed by atoms with Crippen LogP contribution in [-0.2, 0) is 16.1 Å². The molecular formula is C21H21FN4O3S. The number of ether oxygens (including phenoxy) is 1. The monoisotopic (exact) mass is 428 g/mol. The number of aromatic nitrogens is 3. The van der Waals surface area contributed by atoms with Gasteiger partial charge in [-0.2, -0.15) is 0 Å². The zero-order chi connectivity index (χ0) is 21.5. The van der Waals surface area contributed by atoms with Crippen LogP contribution >= 0.6 is 11.8 Å². The van der Waals surface area contributed by atoms with E-state index in [0.717, 1.165) is 0 Å². The van der Waals surface area contributed by atoms with E-state index in [2.05, 4.69) is 15.5 Å². The zero-order valence-electron chi connectivity index (χ0n) is 16.6. The van der Waals surface area contributed by atoms with Gasteiger partial charge in [0.15, 0.2) is 11.0 Å². The number of esters is 1. The molecule has 9 heteroatoms. The molecule has 2 aromatic carbocycles. The topological polar surface area (TPSA) is 86.1 Å². The van der Waals surface area contributed by atoms with Crippen molar-refractivity contribution in [3.05, 3.63) is 59.9 Å². The van der Waals surface area contributed by atoms with Crippen LogP contribution < -0.4 is 5.32 Å². The minimum absolute atomic E-state index is 0.106. The molecule has 156 valence electrons. The number of benzene rings is 2. The SMILES string of the molecule is CCOC(=O)c1ccc(NC(=O)CSc2nnc(-c3ccccc3F)n2CC)cc1. The van der Waals surface area contributed by atoms with E-state index < -0.39 is 5.97 Å². The Balaban J connectivity index is 1.62. The fraction of sp³-hybridized carbons (Fsp3) is 0.238. The number of halogens is 1. The van der Waals surface area contributed by atoms with Crippen molar-refractivity contribution in [2.75, 3.05) is 17.7 Å². The molecule has 7 nitrogen and oxygen atoms in total. The lowest BCUT2D eigenvalue weighted by Gasteiger charge is -2.09. The van der Waals surface area contributed by atoms with Gasteiger partial charge in [0.2, 0.25) is 5.91 Å². The summed E-state index contributed by atoms with van der Waals surface area (Å²) in [4.78, 5) is 24.0. The van der Waals surface area contributed by atoms with Crippen LogP contribution in [0.15, 0.2) is 53.7 Å². The van der Waals surface area contributed by atoms with Crippen molar-refractivity contribution in [1.82, 2.24) is 14.8 Å². The normalized spacial score (nSPS) is 10.6. The maximum absolute atomic E-state index is 14.1. The van der Waals surface area contributed by atoms with Gasteiger partial charge >= 0.3 is 5.97 Å². The second-order valence-corrected chi connectivity index (χ2v) is 7.11. The van der Waals surface area contributed by atoms with Crippen molar-refractivity contribution in [2.45, 2.75) is 25.5 Å². The number of amides is 1. The molecule has 1 aromatic heterocycles. The van der Waals surface area contributed by atoms with Gasteiger partial charge in [-0.3, -0.25) is 4.79 Å². The summed E-state index contributed by atoms with van der Waals surface area (Å²) in [6, 6.07) is 12.8. The summed E-state index contributed by atoms with van der Waals surface area (Å²) in [7, 11) is 0. The molecule has 30 heavy (non-hydrogen) atoms. The summed E-state index contributed by atoms with van der Waals surface area (Å²) >= 11 is 1.22. The third-order valence-electron chi connectivity index (χ3n) is 4.16. The van der Waals surface area contributed by atoms with Gasteiger partial charge in [0.25, 0.3) is 0 Å². The molecule has 1 amide bonds. The standard InChI is InChI=1S/C21H21FN4O3S/c1-3-26-19(16-7-5-6-8-17(16)22)24-25-21(26)30-13-18(27)23-15-11-9-14(10-12-15)20(28)29-4-2/h5-12H,3-4,13H2,1-2H3,(H,23,27). The number of nitrogens with one attached hydrogen (secondary N) is 1.